The number of hydrogen-bond donors (Lipinski definition) is 2. The minimum absolute atomic E-state index is 0.132. The molecule has 0 aliphatic rings. The van der Waals surface area contributed by atoms with E-state index in [0.29, 0.717) is 27.5 Å². The van der Waals surface area contributed by atoms with Crippen molar-refractivity contribution >= 4 is 34.4 Å². The van der Waals surface area contributed by atoms with Crippen LogP contribution >= 0.6 is 11.8 Å². The van der Waals surface area contributed by atoms with Gasteiger partial charge in [0.15, 0.2) is 0 Å². The number of carboxylic acid groups (broad SMARTS) is 1. The lowest BCUT2D eigenvalue weighted by molar-refractivity contribution is 0.0696. The van der Waals surface area contributed by atoms with Crippen molar-refractivity contribution in [1.82, 2.24) is 0 Å². The predicted molar refractivity (Wildman–Crippen MR) is 111 cm³/mol. The largest absolute Gasteiger partial charge is 0.478 e. The van der Waals surface area contributed by atoms with Crippen LogP contribution in [0.4, 0.5) is 10.1 Å². The number of aromatic carboxylic acids is 1. The maximum absolute atomic E-state index is 13.7. The summed E-state index contributed by atoms with van der Waals surface area (Å²) in [7, 11) is -1.58. The first kappa shape index (κ1) is 20.1. The third-order valence-electron chi connectivity index (χ3n) is 4.07. The lowest BCUT2D eigenvalue weighted by Crippen LogP contribution is -2.07. The molecule has 2 N–H and O–H groups in total. The van der Waals surface area contributed by atoms with Gasteiger partial charge in [-0.05, 0) is 60.5 Å². The lowest BCUT2D eigenvalue weighted by atomic mass is 10.1. The predicted octanol–water partition coefficient (Wildman–Crippen LogP) is 5.26. The number of carbonyl (C=O) groups is 1. The van der Waals surface area contributed by atoms with Crippen LogP contribution in [-0.4, -0.2) is 15.3 Å². The summed E-state index contributed by atoms with van der Waals surface area (Å²) >= 11 is 1.51. The average molecular weight is 416 g/mol. The molecule has 0 bridgehead atoms. The van der Waals surface area contributed by atoms with Gasteiger partial charge in [0.25, 0.3) is 0 Å². The van der Waals surface area contributed by atoms with Crippen LogP contribution in [0.5, 0.6) is 0 Å². The molecule has 144 valence electrons. The Labute approximate surface area is 169 Å². The highest BCUT2D eigenvalue weighted by atomic mass is 32.2. The van der Waals surface area contributed by atoms with E-state index >= 15 is 0 Å². The maximum Gasteiger partial charge on any atom is 0.335 e. The number of halogens is 1. The Kier molecular flexibility index (Phi) is 6.49. The van der Waals surface area contributed by atoms with Gasteiger partial charge >= 0.3 is 5.97 Å². The van der Waals surface area contributed by atoms with Gasteiger partial charge in [0, 0.05) is 16.3 Å². The van der Waals surface area contributed by atoms with Gasteiger partial charge in [-0.3, -0.25) is 0 Å². The lowest BCUT2D eigenvalue weighted by Gasteiger charge is -2.09. The Hall–Kier alpha value is -2.64. The smallest absolute Gasteiger partial charge is 0.335 e. The summed E-state index contributed by atoms with van der Waals surface area (Å²) in [5, 5.41) is 9.20. The van der Waals surface area contributed by atoms with Crippen LogP contribution in [0.2, 0.25) is 0 Å². The van der Waals surface area contributed by atoms with Gasteiger partial charge in [0.05, 0.1) is 10.5 Å². The Bertz CT molecular complexity index is 1020. The summed E-state index contributed by atoms with van der Waals surface area (Å²) in [5.74, 6) is -0.748. The molecule has 3 aromatic carbocycles. The maximum atomic E-state index is 13.7. The molecular formula is C21H18FNO3S2. The van der Waals surface area contributed by atoms with Crippen LogP contribution in [0.25, 0.3) is 0 Å². The molecule has 4 nitrogen and oxygen atoms in total. The van der Waals surface area contributed by atoms with Gasteiger partial charge in [0.2, 0.25) is 0 Å². The summed E-state index contributed by atoms with van der Waals surface area (Å²) in [5.41, 5.74) is 2.03. The van der Waals surface area contributed by atoms with Gasteiger partial charge in [-0.25, -0.2) is 13.4 Å². The first-order valence-electron chi connectivity index (χ1n) is 8.42. The van der Waals surface area contributed by atoms with Crippen molar-refractivity contribution in [3.63, 3.8) is 0 Å². The molecule has 0 aliphatic heterocycles. The van der Waals surface area contributed by atoms with Crippen molar-refractivity contribution < 1.29 is 18.5 Å². The van der Waals surface area contributed by atoms with Gasteiger partial charge in [-0.1, -0.05) is 24.3 Å². The number of nitrogens with one attached hydrogen (secondary N) is 1. The molecule has 1 atom stereocenters. The van der Waals surface area contributed by atoms with E-state index in [-0.39, 0.29) is 11.4 Å². The van der Waals surface area contributed by atoms with Crippen LogP contribution in [0, 0.1) is 12.7 Å². The van der Waals surface area contributed by atoms with Crippen LogP contribution < -0.4 is 4.72 Å². The van der Waals surface area contributed by atoms with E-state index in [0.717, 1.165) is 4.90 Å². The van der Waals surface area contributed by atoms with Crippen LogP contribution in [0.15, 0.2) is 76.5 Å². The highest BCUT2D eigenvalue weighted by molar-refractivity contribution is 7.98. The molecular weight excluding hydrogens is 397 g/mol. The fraction of sp³-hybridized carbons (Fsp3) is 0.0952. The summed E-state index contributed by atoms with van der Waals surface area (Å²) in [6, 6.07) is 18.7. The Balaban J connectivity index is 1.64. The van der Waals surface area contributed by atoms with Gasteiger partial charge in [-0.2, -0.15) is 0 Å². The first-order valence-corrected chi connectivity index (χ1v) is 10.6. The summed E-state index contributed by atoms with van der Waals surface area (Å²) in [6.07, 6.45) is 0. The second-order valence-electron chi connectivity index (χ2n) is 6.06. The zero-order valence-corrected chi connectivity index (χ0v) is 16.6. The van der Waals surface area contributed by atoms with Gasteiger partial charge in [-0.15, -0.1) is 11.8 Å². The molecule has 3 aromatic rings. The van der Waals surface area contributed by atoms with Gasteiger partial charge in [0.1, 0.15) is 16.8 Å². The number of rotatable bonds is 7. The third-order valence-corrected chi connectivity index (χ3v) is 6.23. The molecule has 0 aromatic heterocycles. The number of anilines is 1. The van der Waals surface area contributed by atoms with Crippen molar-refractivity contribution in [2.24, 2.45) is 0 Å². The van der Waals surface area contributed by atoms with Crippen molar-refractivity contribution in [3.05, 3.63) is 89.2 Å². The summed E-state index contributed by atoms with van der Waals surface area (Å²) in [4.78, 5) is 12.6. The third kappa shape index (κ3) is 4.99. The SMILES string of the molecule is Cc1ccc(S(=O)Nc2ccc(SCc3ccccc3F)cc2)cc1C(=O)O. The molecule has 3 rings (SSSR count). The zero-order valence-electron chi connectivity index (χ0n) is 15.0. The first-order chi connectivity index (χ1) is 13.4. The quantitative estimate of drug-likeness (QED) is 0.517. The van der Waals surface area contributed by atoms with Crippen molar-refractivity contribution in [3.8, 4) is 0 Å². The molecule has 0 saturated carbocycles. The summed E-state index contributed by atoms with van der Waals surface area (Å²) < 4.78 is 29.0. The molecule has 0 fully saturated rings. The molecule has 1 unspecified atom stereocenters. The van der Waals surface area contributed by atoms with E-state index in [9.17, 15) is 18.5 Å². The molecule has 0 amide bonds. The molecule has 7 heteroatoms. The molecule has 0 heterocycles. The van der Waals surface area contributed by atoms with Crippen molar-refractivity contribution in [2.75, 3.05) is 4.72 Å². The topological polar surface area (TPSA) is 66.4 Å². The molecule has 0 aliphatic carbocycles. The molecule has 0 radical (unpaired) electrons. The number of hydrogen-bond acceptors (Lipinski definition) is 3. The highest BCUT2D eigenvalue weighted by Crippen LogP contribution is 2.26. The summed E-state index contributed by atoms with van der Waals surface area (Å²) in [6.45, 7) is 1.70. The Morgan fingerprint density at radius 3 is 2.50 bits per heavy atom. The van der Waals surface area contributed by atoms with Crippen LogP contribution in [-0.2, 0) is 16.7 Å². The number of carboxylic acids is 1. The average Bonchev–Trinajstić information content (AvgIpc) is 2.68. The van der Waals surface area contributed by atoms with Crippen LogP contribution in [0.1, 0.15) is 21.5 Å². The van der Waals surface area contributed by atoms with Crippen LogP contribution in [0.3, 0.4) is 0 Å². The second kappa shape index (κ2) is 9.03. The Morgan fingerprint density at radius 1 is 1.11 bits per heavy atom. The van der Waals surface area contributed by atoms with E-state index < -0.39 is 17.0 Å². The normalized spacial score (nSPS) is 11.8. The molecule has 28 heavy (non-hydrogen) atoms. The van der Waals surface area contributed by atoms with E-state index in [4.69, 9.17) is 0 Å². The number of aryl methyl sites for hydroxylation is 1. The minimum Gasteiger partial charge on any atom is -0.478 e. The molecule has 0 spiro atoms. The second-order valence-corrected chi connectivity index (χ2v) is 8.32. The molecule has 0 saturated heterocycles. The number of thioether (sulfide) groups is 1. The van der Waals surface area contributed by atoms with E-state index in [1.54, 1.807) is 43.3 Å². The number of benzene rings is 3. The Morgan fingerprint density at radius 2 is 1.82 bits per heavy atom. The monoisotopic (exact) mass is 415 g/mol. The fourth-order valence-electron chi connectivity index (χ4n) is 2.51. The van der Waals surface area contributed by atoms with Crippen molar-refractivity contribution in [2.45, 2.75) is 22.5 Å². The zero-order chi connectivity index (χ0) is 20.1. The van der Waals surface area contributed by atoms with E-state index in [2.05, 4.69) is 4.72 Å². The minimum atomic E-state index is -1.58. The standard InChI is InChI=1S/C21H18FNO3S2/c1-14-6-11-18(12-19(14)21(24)25)28(26)23-16-7-9-17(10-8-16)27-13-15-4-2-3-5-20(15)22/h2-12,23H,13H2,1H3,(H,24,25). The van der Waals surface area contributed by atoms with E-state index in [1.165, 1.54) is 23.9 Å². The highest BCUT2D eigenvalue weighted by Gasteiger charge is 2.12. The van der Waals surface area contributed by atoms with Gasteiger partial charge < -0.3 is 9.83 Å². The fourth-order valence-corrected chi connectivity index (χ4v) is 4.28. The van der Waals surface area contributed by atoms with E-state index in [1.807, 2.05) is 18.2 Å². The van der Waals surface area contributed by atoms with Crippen molar-refractivity contribution in [1.29, 1.82) is 0 Å².